The smallest absolute Gasteiger partial charge is 0.343 e. The molecule has 1 aliphatic heterocycles. The summed E-state index contributed by atoms with van der Waals surface area (Å²) in [6.45, 7) is 5.25. The van der Waals surface area contributed by atoms with Gasteiger partial charge in [0.15, 0.2) is 0 Å². The second kappa shape index (κ2) is 7.57. The van der Waals surface area contributed by atoms with E-state index in [9.17, 15) is 13.2 Å². The van der Waals surface area contributed by atoms with Gasteiger partial charge in [0.25, 0.3) is 0 Å². The van der Waals surface area contributed by atoms with Crippen LogP contribution in [-0.2, 0) is 14.8 Å². The maximum Gasteiger partial charge on any atom is 0.343 e. The van der Waals surface area contributed by atoms with Crippen molar-refractivity contribution in [2.45, 2.75) is 18.7 Å². The van der Waals surface area contributed by atoms with Gasteiger partial charge in [-0.3, -0.25) is 0 Å². The highest BCUT2D eigenvalue weighted by Crippen LogP contribution is 2.21. The average Bonchev–Trinajstić information content (AvgIpc) is 2.65. The molecule has 2 aromatic rings. The first-order valence-corrected chi connectivity index (χ1v) is 9.79. The second-order valence-electron chi connectivity index (χ2n) is 6.18. The van der Waals surface area contributed by atoms with Crippen LogP contribution in [0.2, 0.25) is 0 Å². The molecule has 0 aromatic heterocycles. The Morgan fingerprint density at radius 2 is 1.77 bits per heavy atom. The highest BCUT2D eigenvalue weighted by molar-refractivity contribution is 7.89. The topological polar surface area (TPSA) is 72.9 Å². The Hall–Kier alpha value is -2.22. The van der Waals surface area contributed by atoms with E-state index >= 15 is 0 Å². The van der Waals surface area contributed by atoms with E-state index in [4.69, 9.17) is 9.47 Å². The van der Waals surface area contributed by atoms with Crippen LogP contribution in [0.15, 0.2) is 47.4 Å². The van der Waals surface area contributed by atoms with Crippen molar-refractivity contribution in [3.8, 4) is 5.75 Å². The van der Waals surface area contributed by atoms with Crippen LogP contribution in [-0.4, -0.2) is 45.0 Å². The zero-order chi connectivity index (χ0) is 18.7. The van der Waals surface area contributed by atoms with Crippen LogP contribution in [0.3, 0.4) is 0 Å². The van der Waals surface area contributed by atoms with Gasteiger partial charge < -0.3 is 9.47 Å². The summed E-state index contributed by atoms with van der Waals surface area (Å²) in [5, 5.41) is 0. The lowest BCUT2D eigenvalue weighted by atomic mass is 10.1. The standard InChI is InChI=1S/C19H21NO5S/c1-14-6-7-17(12-15(14)2)25-19(21)16-4-3-5-18(13-16)26(22,23)20-8-10-24-11-9-20/h3-7,12-13H,8-11H2,1-2H3. The van der Waals surface area contributed by atoms with E-state index in [1.165, 1.54) is 16.4 Å². The molecule has 0 aliphatic carbocycles. The molecular weight excluding hydrogens is 354 g/mol. The van der Waals surface area contributed by atoms with Gasteiger partial charge in [-0.1, -0.05) is 12.1 Å². The number of carbonyl (C=O) groups is 1. The van der Waals surface area contributed by atoms with Gasteiger partial charge >= 0.3 is 5.97 Å². The lowest BCUT2D eigenvalue weighted by molar-refractivity contribution is 0.0727. The molecule has 6 nitrogen and oxygen atoms in total. The lowest BCUT2D eigenvalue weighted by Gasteiger charge is -2.26. The highest BCUT2D eigenvalue weighted by atomic mass is 32.2. The van der Waals surface area contributed by atoms with Gasteiger partial charge in [-0.2, -0.15) is 4.31 Å². The number of sulfonamides is 1. The fourth-order valence-electron chi connectivity index (χ4n) is 2.66. The number of hydrogen-bond donors (Lipinski definition) is 0. The number of hydrogen-bond acceptors (Lipinski definition) is 5. The molecule has 0 atom stereocenters. The molecule has 0 saturated carbocycles. The number of aryl methyl sites for hydroxylation is 2. The third-order valence-electron chi connectivity index (χ3n) is 4.37. The van der Waals surface area contributed by atoms with Gasteiger partial charge in [0.05, 0.1) is 23.7 Å². The monoisotopic (exact) mass is 375 g/mol. The van der Waals surface area contributed by atoms with Crippen LogP contribution < -0.4 is 4.74 Å². The summed E-state index contributed by atoms with van der Waals surface area (Å²) in [5.74, 6) is -0.160. The Kier molecular flexibility index (Phi) is 5.41. The van der Waals surface area contributed by atoms with E-state index in [0.29, 0.717) is 32.1 Å². The Labute approximate surface area is 153 Å². The molecule has 0 bridgehead atoms. The number of nitrogens with zero attached hydrogens (tertiary/aromatic N) is 1. The molecule has 0 unspecified atom stereocenters. The molecule has 0 amide bonds. The zero-order valence-electron chi connectivity index (χ0n) is 14.8. The molecule has 1 aliphatic rings. The van der Waals surface area contributed by atoms with E-state index in [2.05, 4.69) is 0 Å². The number of ether oxygens (including phenoxy) is 2. The van der Waals surface area contributed by atoms with Crippen molar-refractivity contribution in [1.82, 2.24) is 4.31 Å². The predicted octanol–water partition coefficient (Wildman–Crippen LogP) is 2.54. The lowest BCUT2D eigenvalue weighted by Crippen LogP contribution is -2.40. The third kappa shape index (κ3) is 3.95. The quantitative estimate of drug-likeness (QED) is 0.607. The summed E-state index contributed by atoms with van der Waals surface area (Å²) < 4.78 is 37.4. The van der Waals surface area contributed by atoms with Crippen molar-refractivity contribution in [1.29, 1.82) is 0 Å². The van der Waals surface area contributed by atoms with Gasteiger partial charge in [0.1, 0.15) is 5.75 Å². The Bertz CT molecular complexity index is 917. The number of morpholine rings is 1. The van der Waals surface area contributed by atoms with Crippen molar-refractivity contribution in [3.05, 3.63) is 59.2 Å². The minimum absolute atomic E-state index is 0.0777. The number of benzene rings is 2. The second-order valence-corrected chi connectivity index (χ2v) is 8.12. The van der Waals surface area contributed by atoms with E-state index in [1.54, 1.807) is 24.3 Å². The number of rotatable bonds is 4. The first-order valence-electron chi connectivity index (χ1n) is 8.35. The normalized spacial score (nSPS) is 15.6. The first-order chi connectivity index (χ1) is 12.4. The SMILES string of the molecule is Cc1ccc(OC(=O)c2cccc(S(=O)(=O)N3CCOCC3)c2)cc1C. The summed E-state index contributed by atoms with van der Waals surface area (Å²) in [5.41, 5.74) is 2.31. The van der Waals surface area contributed by atoms with Gasteiger partial charge in [0.2, 0.25) is 10.0 Å². The molecule has 1 fully saturated rings. The fourth-order valence-corrected chi connectivity index (χ4v) is 4.12. The van der Waals surface area contributed by atoms with Crippen LogP contribution >= 0.6 is 0 Å². The molecule has 0 N–H and O–H groups in total. The molecule has 1 saturated heterocycles. The summed E-state index contributed by atoms with van der Waals surface area (Å²) in [6.07, 6.45) is 0. The Balaban J connectivity index is 1.82. The summed E-state index contributed by atoms with van der Waals surface area (Å²) in [6, 6.07) is 11.3. The van der Waals surface area contributed by atoms with Crippen LogP contribution in [0.5, 0.6) is 5.75 Å². The zero-order valence-corrected chi connectivity index (χ0v) is 15.6. The van der Waals surface area contributed by atoms with Crippen molar-refractivity contribution in [2.75, 3.05) is 26.3 Å². The van der Waals surface area contributed by atoms with Crippen molar-refractivity contribution in [3.63, 3.8) is 0 Å². The maximum atomic E-state index is 12.7. The summed E-state index contributed by atoms with van der Waals surface area (Å²) in [4.78, 5) is 12.5. The van der Waals surface area contributed by atoms with E-state index < -0.39 is 16.0 Å². The van der Waals surface area contributed by atoms with Crippen molar-refractivity contribution < 1.29 is 22.7 Å². The average molecular weight is 375 g/mol. The van der Waals surface area contributed by atoms with Gasteiger partial charge in [-0.15, -0.1) is 0 Å². The Morgan fingerprint density at radius 1 is 1.04 bits per heavy atom. The maximum absolute atomic E-state index is 12.7. The minimum atomic E-state index is -3.66. The predicted molar refractivity (Wildman–Crippen MR) is 96.9 cm³/mol. The molecule has 2 aromatic carbocycles. The molecule has 138 valence electrons. The van der Waals surface area contributed by atoms with Crippen LogP contribution in [0, 0.1) is 13.8 Å². The third-order valence-corrected chi connectivity index (χ3v) is 6.26. The summed E-state index contributed by atoms with van der Waals surface area (Å²) in [7, 11) is -3.66. The molecule has 1 heterocycles. The van der Waals surface area contributed by atoms with Crippen LogP contribution in [0.4, 0.5) is 0 Å². The van der Waals surface area contributed by atoms with Gasteiger partial charge in [0, 0.05) is 13.1 Å². The molecule has 0 radical (unpaired) electrons. The largest absolute Gasteiger partial charge is 0.423 e. The Morgan fingerprint density at radius 3 is 2.46 bits per heavy atom. The molecule has 7 heteroatoms. The van der Waals surface area contributed by atoms with E-state index in [0.717, 1.165) is 11.1 Å². The van der Waals surface area contributed by atoms with E-state index in [1.807, 2.05) is 19.9 Å². The van der Waals surface area contributed by atoms with Gasteiger partial charge in [-0.25, -0.2) is 13.2 Å². The van der Waals surface area contributed by atoms with Crippen LogP contribution in [0.25, 0.3) is 0 Å². The molecule has 26 heavy (non-hydrogen) atoms. The summed E-state index contributed by atoms with van der Waals surface area (Å²) >= 11 is 0. The fraction of sp³-hybridized carbons (Fsp3) is 0.316. The number of carbonyl (C=O) groups excluding carboxylic acids is 1. The van der Waals surface area contributed by atoms with E-state index in [-0.39, 0.29) is 10.5 Å². The minimum Gasteiger partial charge on any atom is -0.423 e. The van der Waals surface area contributed by atoms with Crippen LogP contribution in [0.1, 0.15) is 21.5 Å². The molecule has 3 rings (SSSR count). The van der Waals surface area contributed by atoms with Crippen molar-refractivity contribution >= 4 is 16.0 Å². The molecular formula is C19H21NO5S. The molecule has 0 spiro atoms. The number of esters is 1. The van der Waals surface area contributed by atoms with Crippen molar-refractivity contribution in [2.24, 2.45) is 0 Å². The first kappa shape index (κ1) is 18.6. The van der Waals surface area contributed by atoms with Gasteiger partial charge in [-0.05, 0) is 55.3 Å². The highest BCUT2D eigenvalue weighted by Gasteiger charge is 2.27.